The Balaban J connectivity index is 0.00000225. The van der Waals surface area contributed by atoms with E-state index in [1.165, 1.54) is 6.42 Å². The molecule has 0 radical (unpaired) electrons. The molecule has 0 spiro atoms. The molecule has 1 aromatic carbocycles. The number of nitrogens with one attached hydrogen (secondary N) is 3. The molecule has 0 aliphatic heterocycles. The van der Waals surface area contributed by atoms with E-state index in [-0.39, 0.29) is 36.3 Å². The lowest BCUT2D eigenvalue weighted by Crippen LogP contribution is -2.57. The van der Waals surface area contributed by atoms with Crippen molar-refractivity contribution in [2.75, 3.05) is 0 Å². The summed E-state index contributed by atoms with van der Waals surface area (Å²) >= 11 is 0. The lowest BCUT2D eigenvalue weighted by atomic mass is 9.67. The molecule has 2 bridgehead atoms. The summed E-state index contributed by atoms with van der Waals surface area (Å²) in [5.41, 5.74) is 7.27. The van der Waals surface area contributed by atoms with E-state index >= 15 is 0 Å². The van der Waals surface area contributed by atoms with Crippen molar-refractivity contribution in [3.8, 4) is 0 Å². The summed E-state index contributed by atoms with van der Waals surface area (Å²) in [4.78, 5) is 25.3. The zero-order chi connectivity index (χ0) is 19.0. The Labute approximate surface area is 170 Å². The fourth-order valence-corrected chi connectivity index (χ4v) is 4.78. The number of carbonyl (C=O) groups is 2. The molecule has 2 amide bonds. The number of rotatable bonds is 4. The second-order valence-electron chi connectivity index (χ2n) is 8.03. The molecule has 8 heteroatoms. The van der Waals surface area contributed by atoms with Crippen LogP contribution in [-0.4, -0.2) is 40.1 Å². The van der Waals surface area contributed by atoms with Crippen LogP contribution in [0.15, 0.2) is 24.3 Å². The average molecular weight is 406 g/mol. The van der Waals surface area contributed by atoms with Gasteiger partial charge >= 0.3 is 0 Å². The molecule has 28 heavy (non-hydrogen) atoms. The van der Waals surface area contributed by atoms with Crippen molar-refractivity contribution in [2.24, 2.45) is 17.6 Å². The van der Waals surface area contributed by atoms with Crippen molar-refractivity contribution in [3.05, 3.63) is 30.0 Å². The van der Waals surface area contributed by atoms with E-state index in [9.17, 15) is 9.59 Å². The molecule has 1 aromatic heterocycles. The minimum absolute atomic E-state index is 0. The Hall–Kier alpha value is -2.12. The van der Waals surface area contributed by atoms with Crippen LogP contribution in [0.1, 0.15) is 49.5 Å². The molecule has 5 N–H and O–H groups in total. The van der Waals surface area contributed by atoms with Gasteiger partial charge in [0.15, 0.2) is 5.69 Å². The van der Waals surface area contributed by atoms with Crippen LogP contribution in [-0.2, 0) is 4.79 Å². The number of amides is 2. The van der Waals surface area contributed by atoms with Gasteiger partial charge in [-0.05, 0) is 50.5 Å². The zero-order valence-corrected chi connectivity index (χ0v) is 16.8. The molecule has 152 valence electrons. The number of aromatic amines is 1. The highest BCUT2D eigenvalue weighted by atomic mass is 35.5. The van der Waals surface area contributed by atoms with E-state index in [0.29, 0.717) is 17.5 Å². The second-order valence-corrected chi connectivity index (χ2v) is 8.03. The maximum Gasteiger partial charge on any atom is 0.273 e. The molecule has 0 saturated heterocycles. The standard InChI is InChI=1S/C20H27N5O2.ClH/c1-11(22-20(27)18-15-7-2-3-8-16(15)24-25-18)19(26)23-17-12-5-4-6-13(17)10-14(21)9-12;/h2-3,7-8,11-14,17H,4-6,9-10,21H2,1H3,(H,22,27)(H,23,26)(H,24,25);1H. The SMILES string of the molecule is CC(NC(=O)c1n[nH]c2ccccc12)C(=O)NC1C2CCCC1CC(N)C2.Cl. The average Bonchev–Trinajstić information content (AvgIpc) is 3.06. The largest absolute Gasteiger partial charge is 0.351 e. The third kappa shape index (κ3) is 4.00. The Kier molecular flexibility index (Phi) is 6.25. The molecule has 2 aliphatic rings. The van der Waals surface area contributed by atoms with Crippen molar-refractivity contribution < 1.29 is 9.59 Å². The highest BCUT2D eigenvalue weighted by Gasteiger charge is 2.40. The van der Waals surface area contributed by atoms with Crippen molar-refractivity contribution in [3.63, 3.8) is 0 Å². The minimum atomic E-state index is -0.621. The second kappa shape index (κ2) is 8.49. The highest BCUT2D eigenvalue weighted by Crippen LogP contribution is 2.39. The van der Waals surface area contributed by atoms with Crippen LogP contribution < -0.4 is 16.4 Å². The van der Waals surface area contributed by atoms with Gasteiger partial charge in [-0.25, -0.2) is 0 Å². The number of hydrogen-bond acceptors (Lipinski definition) is 4. The number of para-hydroxylation sites is 1. The van der Waals surface area contributed by atoms with Crippen LogP contribution in [0.5, 0.6) is 0 Å². The van der Waals surface area contributed by atoms with E-state index in [2.05, 4.69) is 20.8 Å². The van der Waals surface area contributed by atoms with Crippen LogP contribution in [0.2, 0.25) is 0 Å². The van der Waals surface area contributed by atoms with E-state index in [1.54, 1.807) is 6.92 Å². The Bertz CT molecular complexity index is 840. The molecule has 2 fully saturated rings. The van der Waals surface area contributed by atoms with Crippen molar-refractivity contribution in [1.29, 1.82) is 0 Å². The number of fused-ring (bicyclic) bond motifs is 3. The summed E-state index contributed by atoms with van der Waals surface area (Å²) < 4.78 is 0. The maximum atomic E-state index is 12.7. The monoisotopic (exact) mass is 405 g/mol. The van der Waals surface area contributed by atoms with Crippen LogP contribution >= 0.6 is 12.4 Å². The first-order valence-electron chi connectivity index (χ1n) is 9.83. The summed E-state index contributed by atoms with van der Waals surface area (Å²) in [5, 5.41) is 13.7. The van der Waals surface area contributed by atoms with Crippen LogP contribution in [0.3, 0.4) is 0 Å². The summed E-state index contributed by atoms with van der Waals surface area (Å²) in [6.45, 7) is 1.71. The molecule has 3 unspecified atom stereocenters. The summed E-state index contributed by atoms with van der Waals surface area (Å²) in [5.74, 6) is 0.422. The third-order valence-corrected chi connectivity index (χ3v) is 6.11. The maximum absolute atomic E-state index is 12.7. The van der Waals surface area contributed by atoms with E-state index in [1.807, 2.05) is 24.3 Å². The molecule has 7 nitrogen and oxygen atoms in total. The first kappa shape index (κ1) is 20.6. The topological polar surface area (TPSA) is 113 Å². The molecule has 1 heterocycles. The Morgan fingerprint density at radius 3 is 2.61 bits per heavy atom. The lowest BCUT2D eigenvalue weighted by molar-refractivity contribution is -0.124. The predicted octanol–water partition coefficient (Wildman–Crippen LogP) is 2.13. The zero-order valence-electron chi connectivity index (χ0n) is 16.0. The molecule has 4 rings (SSSR count). The van der Waals surface area contributed by atoms with Crippen molar-refractivity contribution in [2.45, 2.75) is 57.2 Å². The number of nitrogens with two attached hydrogens (primary N) is 1. The molecule has 3 atom stereocenters. The fourth-order valence-electron chi connectivity index (χ4n) is 4.78. The normalized spacial score (nSPS) is 27.5. The molecular weight excluding hydrogens is 378 g/mol. The molecular formula is C20H28ClN5O2. The van der Waals surface area contributed by atoms with E-state index < -0.39 is 6.04 Å². The first-order chi connectivity index (χ1) is 13.0. The van der Waals surface area contributed by atoms with Gasteiger partial charge in [0.25, 0.3) is 5.91 Å². The number of nitrogens with zero attached hydrogens (tertiary/aromatic N) is 1. The molecule has 2 aliphatic carbocycles. The number of H-pyrrole nitrogens is 1. The van der Waals surface area contributed by atoms with Gasteiger partial charge in [-0.3, -0.25) is 14.7 Å². The van der Waals surface area contributed by atoms with E-state index in [0.717, 1.165) is 36.6 Å². The predicted molar refractivity (Wildman–Crippen MR) is 110 cm³/mol. The highest BCUT2D eigenvalue weighted by molar-refractivity contribution is 6.05. The minimum Gasteiger partial charge on any atom is -0.351 e. The molecule has 2 saturated carbocycles. The van der Waals surface area contributed by atoms with Gasteiger partial charge in [0.05, 0.1) is 5.52 Å². The quantitative estimate of drug-likeness (QED) is 0.624. The smallest absolute Gasteiger partial charge is 0.273 e. The first-order valence-corrected chi connectivity index (χ1v) is 9.83. The van der Waals surface area contributed by atoms with Gasteiger partial charge in [-0.1, -0.05) is 24.6 Å². The van der Waals surface area contributed by atoms with Crippen LogP contribution in [0.4, 0.5) is 0 Å². The Morgan fingerprint density at radius 2 is 1.89 bits per heavy atom. The summed E-state index contributed by atoms with van der Waals surface area (Å²) in [6.07, 6.45) is 5.40. The van der Waals surface area contributed by atoms with Gasteiger partial charge < -0.3 is 16.4 Å². The van der Waals surface area contributed by atoms with Gasteiger partial charge in [0.1, 0.15) is 6.04 Å². The van der Waals surface area contributed by atoms with Gasteiger partial charge in [0, 0.05) is 17.5 Å². The van der Waals surface area contributed by atoms with Gasteiger partial charge in [0.2, 0.25) is 5.91 Å². The number of hydrogen-bond donors (Lipinski definition) is 4. The van der Waals surface area contributed by atoms with Crippen LogP contribution in [0, 0.1) is 11.8 Å². The van der Waals surface area contributed by atoms with Gasteiger partial charge in [-0.2, -0.15) is 5.10 Å². The number of aromatic nitrogens is 2. The van der Waals surface area contributed by atoms with Crippen molar-refractivity contribution in [1.82, 2.24) is 20.8 Å². The Morgan fingerprint density at radius 1 is 1.21 bits per heavy atom. The molecule has 2 aromatic rings. The fraction of sp³-hybridized carbons (Fsp3) is 0.550. The van der Waals surface area contributed by atoms with E-state index in [4.69, 9.17) is 5.73 Å². The lowest BCUT2D eigenvalue weighted by Gasteiger charge is -2.45. The third-order valence-electron chi connectivity index (χ3n) is 6.11. The van der Waals surface area contributed by atoms with Crippen molar-refractivity contribution >= 4 is 35.1 Å². The summed E-state index contributed by atoms with van der Waals surface area (Å²) in [6, 6.07) is 7.24. The number of benzene rings is 1. The number of carbonyl (C=O) groups excluding carboxylic acids is 2. The van der Waals surface area contributed by atoms with Gasteiger partial charge in [-0.15, -0.1) is 12.4 Å². The van der Waals surface area contributed by atoms with Crippen LogP contribution in [0.25, 0.3) is 10.9 Å². The summed E-state index contributed by atoms with van der Waals surface area (Å²) in [7, 11) is 0. The number of halogens is 1.